The summed E-state index contributed by atoms with van der Waals surface area (Å²) in [7, 11) is 3.41. The molecule has 1 unspecified atom stereocenters. The topological polar surface area (TPSA) is 63.1 Å². The van der Waals surface area contributed by atoms with Crippen LogP contribution in [0, 0.1) is 5.82 Å². The molecule has 6 nitrogen and oxygen atoms in total. The van der Waals surface area contributed by atoms with Crippen LogP contribution in [-0.2, 0) is 0 Å². The first-order valence-electron chi connectivity index (χ1n) is 6.72. The number of pyridine rings is 1. The number of nitrogens with zero attached hydrogens (tertiary/aromatic N) is 4. The summed E-state index contributed by atoms with van der Waals surface area (Å²) in [6.45, 7) is 0.711. The first-order valence-corrected chi connectivity index (χ1v) is 6.72. The molecule has 0 bridgehead atoms. The molecule has 0 saturated heterocycles. The average Bonchev–Trinajstić information content (AvgIpc) is 2.91. The number of anilines is 1. The lowest BCUT2D eigenvalue weighted by Gasteiger charge is -2.26. The third kappa shape index (κ3) is 2.35. The van der Waals surface area contributed by atoms with Gasteiger partial charge >= 0.3 is 0 Å². The molecule has 0 aliphatic carbocycles. The first kappa shape index (κ1) is 13.5. The zero-order chi connectivity index (χ0) is 15.0. The number of carbonyl (C=O) groups is 1. The van der Waals surface area contributed by atoms with E-state index >= 15 is 0 Å². The highest BCUT2D eigenvalue weighted by molar-refractivity contribution is 5.98. The van der Waals surface area contributed by atoms with Gasteiger partial charge in [-0.15, -0.1) is 0 Å². The normalized spacial score (nSPS) is 17.0. The van der Waals surface area contributed by atoms with Gasteiger partial charge in [0.25, 0.3) is 5.91 Å². The summed E-state index contributed by atoms with van der Waals surface area (Å²) in [5.41, 5.74) is 1.28. The van der Waals surface area contributed by atoms with Crippen molar-refractivity contribution >= 4 is 11.7 Å². The molecule has 3 heterocycles. The van der Waals surface area contributed by atoms with Crippen molar-refractivity contribution in [3.63, 3.8) is 0 Å². The number of nitrogens with one attached hydrogen (secondary N) is 1. The fraction of sp³-hybridized carbons (Fsp3) is 0.357. The van der Waals surface area contributed by atoms with E-state index in [1.807, 2.05) is 0 Å². The van der Waals surface area contributed by atoms with E-state index in [0.29, 0.717) is 17.9 Å². The summed E-state index contributed by atoms with van der Waals surface area (Å²) in [5.74, 6) is 0.226. The van der Waals surface area contributed by atoms with Crippen molar-refractivity contribution in [2.75, 3.05) is 26.0 Å². The van der Waals surface area contributed by atoms with Crippen molar-refractivity contribution in [1.29, 1.82) is 0 Å². The molecule has 1 aliphatic rings. The second-order valence-corrected chi connectivity index (χ2v) is 5.18. The van der Waals surface area contributed by atoms with Gasteiger partial charge in [0.2, 0.25) is 0 Å². The molecule has 1 N–H and O–H groups in total. The van der Waals surface area contributed by atoms with Gasteiger partial charge in [0, 0.05) is 20.6 Å². The van der Waals surface area contributed by atoms with Gasteiger partial charge < -0.3 is 10.2 Å². The lowest BCUT2D eigenvalue weighted by atomic mass is 10.1. The molecule has 1 aliphatic heterocycles. The number of fused-ring (bicyclic) bond motifs is 1. The zero-order valence-electron chi connectivity index (χ0n) is 11.9. The number of carbonyl (C=O) groups excluding carboxylic acids is 1. The van der Waals surface area contributed by atoms with Crippen LogP contribution in [-0.4, -0.2) is 46.2 Å². The molecule has 0 spiro atoms. The quantitative estimate of drug-likeness (QED) is 0.910. The molecule has 7 heteroatoms. The highest BCUT2D eigenvalue weighted by Crippen LogP contribution is 2.30. The van der Waals surface area contributed by atoms with E-state index < -0.39 is 0 Å². The Hall–Kier alpha value is -2.44. The average molecular weight is 289 g/mol. The largest absolute Gasteiger partial charge is 0.369 e. The fourth-order valence-corrected chi connectivity index (χ4v) is 2.48. The molecule has 21 heavy (non-hydrogen) atoms. The summed E-state index contributed by atoms with van der Waals surface area (Å²) in [6, 6.07) is 2.95. The lowest BCUT2D eigenvalue weighted by Crippen LogP contribution is -2.28. The standard InChI is InChI=1S/C14H16FN5O/c1-19(2)14(21)10-8-18-20-12(5-6-16-13(10)20)11-4-3-9(15)7-17-11/h3-4,7-8,12,16H,5-6H2,1-2H3. The Bertz CT molecular complexity index is 665. The third-order valence-electron chi connectivity index (χ3n) is 3.53. The van der Waals surface area contributed by atoms with Gasteiger partial charge in [0.1, 0.15) is 17.2 Å². The lowest BCUT2D eigenvalue weighted by molar-refractivity contribution is 0.0828. The first-order chi connectivity index (χ1) is 10.1. The van der Waals surface area contributed by atoms with Crippen molar-refractivity contribution in [2.45, 2.75) is 12.5 Å². The third-order valence-corrected chi connectivity index (χ3v) is 3.53. The Morgan fingerprint density at radius 3 is 2.90 bits per heavy atom. The van der Waals surface area contributed by atoms with E-state index in [1.165, 1.54) is 17.2 Å². The Balaban J connectivity index is 1.99. The van der Waals surface area contributed by atoms with Gasteiger partial charge in [-0.1, -0.05) is 0 Å². The van der Waals surface area contributed by atoms with E-state index in [2.05, 4.69) is 15.4 Å². The predicted octanol–water partition coefficient (Wildman–Crippen LogP) is 1.52. The summed E-state index contributed by atoms with van der Waals surface area (Å²) >= 11 is 0. The van der Waals surface area contributed by atoms with Crippen molar-refractivity contribution < 1.29 is 9.18 Å². The molecule has 0 aromatic carbocycles. The molecule has 2 aromatic rings. The smallest absolute Gasteiger partial charge is 0.258 e. The van der Waals surface area contributed by atoms with E-state index in [-0.39, 0.29) is 17.8 Å². The molecule has 1 amide bonds. The second-order valence-electron chi connectivity index (χ2n) is 5.18. The second kappa shape index (κ2) is 5.16. The summed E-state index contributed by atoms with van der Waals surface area (Å²) in [5, 5.41) is 7.52. The number of amides is 1. The van der Waals surface area contributed by atoms with Gasteiger partial charge in [-0.25, -0.2) is 9.07 Å². The Morgan fingerprint density at radius 2 is 2.24 bits per heavy atom. The molecule has 110 valence electrons. The molecule has 2 aromatic heterocycles. The van der Waals surface area contributed by atoms with Crippen LogP contribution in [0.3, 0.4) is 0 Å². The highest BCUT2D eigenvalue weighted by atomic mass is 19.1. The van der Waals surface area contributed by atoms with Gasteiger partial charge in [0.05, 0.1) is 24.1 Å². The minimum atomic E-state index is -0.364. The fourth-order valence-electron chi connectivity index (χ4n) is 2.48. The summed E-state index contributed by atoms with van der Waals surface area (Å²) in [4.78, 5) is 17.8. The minimum Gasteiger partial charge on any atom is -0.369 e. The Labute approximate surface area is 121 Å². The number of aromatic nitrogens is 3. The number of hydrogen-bond acceptors (Lipinski definition) is 4. The van der Waals surface area contributed by atoms with Gasteiger partial charge in [-0.2, -0.15) is 5.10 Å². The monoisotopic (exact) mass is 289 g/mol. The van der Waals surface area contributed by atoms with Crippen LogP contribution in [0.15, 0.2) is 24.5 Å². The SMILES string of the molecule is CN(C)C(=O)c1cnn2c1NCCC2c1ccc(F)cn1. The van der Waals surface area contributed by atoms with Crippen LogP contribution in [0.2, 0.25) is 0 Å². The van der Waals surface area contributed by atoms with Crippen LogP contribution in [0.1, 0.15) is 28.5 Å². The maximum absolute atomic E-state index is 13.0. The van der Waals surface area contributed by atoms with Crippen molar-refractivity contribution in [1.82, 2.24) is 19.7 Å². The van der Waals surface area contributed by atoms with Crippen molar-refractivity contribution in [2.24, 2.45) is 0 Å². The number of rotatable bonds is 2. The van der Waals surface area contributed by atoms with Crippen LogP contribution in [0.5, 0.6) is 0 Å². The van der Waals surface area contributed by atoms with E-state index in [4.69, 9.17) is 0 Å². The van der Waals surface area contributed by atoms with Crippen LogP contribution < -0.4 is 5.32 Å². The van der Waals surface area contributed by atoms with E-state index in [9.17, 15) is 9.18 Å². The molecule has 1 atom stereocenters. The Kier molecular flexibility index (Phi) is 3.32. The van der Waals surface area contributed by atoms with Gasteiger partial charge in [0.15, 0.2) is 0 Å². The predicted molar refractivity (Wildman–Crippen MR) is 75.7 cm³/mol. The van der Waals surface area contributed by atoms with E-state index in [0.717, 1.165) is 12.1 Å². The van der Waals surface area contributed by atoms with E-state index in [1.54, 1.807) is 31.0 Å². The Morgan fingerprint density at radius 1 is 1.43 bits per heavy atom. The molecular formula is C14H16FN5O. The molecule has 3 rings (SSSR count). The zero-order valence-corrected chi connectivity index (χ0v) is 11.9. The minimum absolute atomic E-state index is 0.0921. The summed E-state index contributed by atoms with van der Waals surface area (Å²) in [6.07, 6.45) is 3.54. The maximum Gasteiger partial charge on any atom is 0.258 e. The maximum atomic E-state index is 13.0. The number of halogens is 1. The van der Waals surface area contributed by atoms with Gasteiger partial charge in [-0.05, 0) is 18.6 Å². The number of hydrogen-bond donors (Lipinski definition) is 1. The summed E-state index contributed by atoms with van der Waals surface area (Å²) < 4.78 is 14.8. The van der Waals surface area contributed by atoms with Gasteiger partial charge in [-0.3, -0.25) is 9.78 Å². The van der Waals surface area contributed by atoms with Crippen molar-refractivity contribution in [3.8, 4) is 0 Å². The highest BCUT2D eigenvalue weighted by Gasteiger charge is 2.28. The van der Waals surface area contributed by atoms with Crippen molar-refractivity contribution in [3.05, 3.63) is 41.6 Å². The molecular weight excluding hydrogens is 273 g/mol. The molecule has 0 radical (unpaired) electrons. The molecule has 0 fully saturated rings. The molecule has 0 saturated carbocycles. The van der Waals surface area contributed by atoms with Crippen LogP contribution >= 0.6 is 0 Å². The van der Waals surface area contributed by atoms with Crippen LogP contribution in [0.4, 0.5) is 10.2 Å². The van der Waals surface area contributed by atoms with Crippen LogP contribution in [0.25, 0.3) is 0 Å².